The molecule has 2 aromatic heterocycles. The number of nitrogens with one attached hydrogen (secondary N) is 1. The zero-order valence-corrected chi connectivity index (χ0v) is 16.7. The summed E-state index contributed by atoms with van der Waals surface area (Å²) in [7, 11) is 0. The van der Waals surface area contributed by atoms with E-state index in [4.69, 9.17) is 0 Å². The summed E-state index contributed by atoms with van der Waals surface area (Å²) < 4.78 is 2.22. The van der Waals surface area contributed by atoms with Gasteiger partial charge in [0.15, 0.2) is 0 Å². The molecule has 1 amide bonds. The van der Waals surface area contributed by atoms with Gasteiger partial charge >= 0.3 is 0 Å². The molecule has 0 aliphatic carbocycles. The highest BCUT2D eigenvalue weighted by molar-refractivity contribution is 6.01. The van der Waals surface area contributed by atoms with Crippen LogP contribution in [0.3, 0.4) is 0 Å². The molecule has 0 radical (unpaired) electrons. The van der Waals surface area contributed by atoms with Gasteiger partial charge in [-0.2, -0.15) is 0 Å². The normalized spacial score (nSPS) is 15.6. The Balaban J connectivity index is 1.54. The number of aryl methyl sites for hydroxylation is 4. The molecule has 5 nitrogen and oxygen atoms in total. The first-order valence-corrected chi connectivity index (χ1v) is 9.89. The van der Waals surface area contributed by atoms with Crippen LogP contribution in [0.1, 0.15) is 58.7 Å². The maximum Gasteiger partial charge on any atom is 0.270 e. The minimum absolute atomic E-state index is 0.123. The first kappa shape index (κ1) is 17.8. The highest BCUT2D eigenvalue weighted by atomic mass is 16.2. The van der Waals surface area contributed by atoms with Crippen molar-refractivity contribution in [3.63, 3.8) is 0 Å². The topological polar surface area (TPSA) is 53.9 Å². The molecule has 1 aliphatic heterocycles. The molecule has 0 spiro atoms. The van der Waals surface area contributed by atoms with Crippen LogP contribution in [0, 0.1) is 20.8 Å². The van der Waals surface area contributed by atoms with Gasteiger partial charge in [0.2, 0.25) is 0 Å². The summed E-state index contributed by atoms with van der Waals surface area (Å²) in [5, 5.41) is 1.16. The molecular weight excluding hydrogens is 336 g/mol. The molecule has 0 atom stereocenters. The molecule has 5 heteroatoms. The number of rotatable bonds is 3. The molecule has 1 fully saturated rings. The number of hydrogen-bond acceptors (Lipinski definition) is 2. The van der Waals surface area contributed by atoms with Gasteiger partial charge in [-0.25, -0.2) is 4.98 Å². The number of aromatic nitrogens is 3. The molecule has 0 saturated carbocycles. The lowest BCUT2D eigenvalue weighted by Crippen LogP contribution is -2.38. The molecule has 1 aromatic carbocycles. The Labute approximate surface area is 160 Å². The zero-order chi connectivity index (χ0) is 19.1. The highest BCUT2D eigenvalue weighted by Gasteiger charge is 2.28. The molecule has 1 saturated heterocycles. The summed E-state index contributed by atoms with van der Waals surface area (Å²) in [5.74, 6) is 1.73. The molecule has 142 valence electrons. The molecule has 1 aliphatic rings. The van der Waals surface area contributed by atoms with Crippen molar-refractivity contribution in [1.29, 1.82) is 0 Å². The SMILES string of the molecule is CCn1ccnc1C1CCN(C(=O)c2[nH]c3c(C)cc(C)cc3c2C)CC1. The largest absolute Gasteiger partial charge is 0.350 e. The summed E-state index contributed by atoms with van der Waals surface area (Å²) >= 11 is 0. The number of fused-ring (bicyclic) bond motifs is 1. The van der Waals surface area contributed by atoms with Crippen LogP contribution in [-0.2, 0) is 6.54 Å². The van der Waals surface area contributed by atoms with E-state index in [0.29, 0.717) is 5.92 Å². The fourth-order valence-electron chi connectivity index (χ4n) is 4.44. The number of likely N-dealkylation sites (tertiary alicyclic amines) is 1. The zero-order valence-electron chi connectivity index (χ0n) is 16.7. The number of imidazole rings is 1. The van der Waals surface area contributed by atoms with Crippen LogP contribution in [0.2, 0.25) is 0 Å². The molecule has 4 rings (SSSR count). The van der Waals surface area contributed by atoms with E-state index in [1.807, 2.05) is 17.3 Å². The van der Waals surface area contributed by atoms with Gasteiger partial charge in [-0.1, -0.05) is 11.6 Å². The summed E-state index contributed by atoms with van der Waals surface area (Å²) in [5.41, 5.74) is 5.31. The van der Waals surface area contributed by atoms with E-state index in [9.17, 15) is 4.79 Å². The van der Waals surface area contributed by atoms with E-state index in [1.54, 1.807) is 0 Å². The average molecular weight is 364 g/mol. The lowest BCUT2D eigenvalue weighted by atomic mass is 9.95. The van der Waals surface area contributed by atoms with E-state index in [-0.39, 0.29) is 5.91 Å². The molecule has 1 N–H and O–H groups in total. The Morgan fingerprint density at radius 2 is 1.96 bits per heavy atom. The number of carbonyl (C=O) groups is 1. The first-order valence-electron chi connectivity index (χ1n) is 9.89. The summed E-state index contributed by atoms with van der Waals surface area (Å²) in [6.07, 6.45) is 5.87. The molecule has 3 aromatic rings. The van der Waals surface area contributed by atoms with Gasteiger partial charge in [0.25, 0.3) is 5.91 Å². The van der Waals surface area contributed by atoms with E-state index >= 15 is 0 Å². The first-order chi connectivity index (χ1) is 13.0. The van der Waals surface area contributed by atoms with Gasteiger partial charge in [0, 0.05) is 48.8 Å². The van der Waals surface area contributed by atoms with Gasteiger partial charge < -0.3 is 14.5 Å². The summed E-state index contributed by atoms with van der Waals surface area (Å²) in [6, 6.07) is 4.33. The van der Waals surface area contributed by atoms with Crippen molar-refractivity contribution in [2.24, 2.45) is 0 Å². The van der Waals surface area contributed by atoms with Crippen molar-refractivity contribution in [1.82, 2.24) is 19.4 Å². The Morgan fingerprint density at radius 1 is 1.22 bits per heavy atom. The smallest absolute Gasteiger partial charge is 0.270 e. The Morgan fingerprint density at radius 3 is 2.67 bits per heavy atom. The average Bonchev–Trinajstić information content (AvgIpc) is 3.27. The fourth-order valence-corrected chi connectivity index (χ4v) is 4.44. The van der Waals surface area contributed by atoms with E-state index in [0.717, 1.165) is 60.5 Å². The second kappa shape index (κ2) is 6.87. The van der Waals surface area contributed by atoms with E-state index in [2.05, 4.69) is 54.4 Å². The predicted molar refractivity (Wildman–Crippen MR) is 108 cm³/mol. The third-order valence-corrected chi connectivity index (χ3v) is 5.96. The number of aromatic amines is 1. The van der Waals surface area contributed by atoms with Gasteiger partial charge in [-0.3, -0.25) is 4.79 Å². The highest BCUT2D eigenvalue weighted by Crippen LogP contribution is 2.30. The van der Waals surface area contributed by atoms with Gasteiger partial charge in [0.1, 0.15) is 11.5 Å². The van der Waals surface area contributed by atoms with Gasteiger partial charge in [-0.05, 0) is 57.7 Å². The summed E-state index contributed by atoms with van der Waals surface area (Å²) in [4.78, 5) is 23.1. The molecule has 0 bridgehead atoms. The monoisotopic (exact) mass is 364 g/mol. The fraction of sp³-hybridized carbons (Fsp3) is 0.455. The maximum atomic E-state index is 13.2. The number of H-pyrrole nitrogens is 1. The summed E-state index contributed by atoms with van der Waals surface area (Å²) in [6.45, 7) is 10.9. The van der Waals surface area contributed by atoms with Crippen LogP contribution in [0.15, 0.2) is 24.5 Å². The number of piperidine rings is 1. The molecule has 3 heterocycles. The van der Waals surface area contributed by atoms with Crippen LogP contribution >= 0.6 is 0 Å². The third-order valence-electron chi connectivity index (χ3n) is 5.96. The van der Waals surface area contributed by atoms with E-state index in [1.165, 1.54) is 11.1 Å². The van der Waals surface area contributed by atoms with Crippen LogP contribution in [-0.4, -0.2) is 38.4 Å². The number of amides is 1. The van der Waals surface area contributed by atoms with Crippen molar-refractivity contribution in [3.8, 4) is 0 Å². The molecular formula is C22H28N4O. The molecule has 0 unspecified atom stereocenters. The van der Waals surface area contributed by atoms with Gasteiger partial charge in [0.05, 0.1) is 0 Å². The van der Waals surface area contributed by atoms with Crippen molar-refractivity contribution in [2.75, 3.05) is 13.1 Å². The van der Waals surface area contributed by atoms with Crippen LogP contribution in [0.25, 0.3) is 10.9 Å². The van der Waals surface area contributed by atoms with Crippen LogP contribution < -0.4 is 0 Å². The Kier molecular flexibility index (Phi) is 4.54. The Hall–Kier alpha value is -2.56. The lowest BCUT2D eigenvalue weighted by molar-refractivity contribution is 0.0704. The Bertz CT molecular complexity index is 989. The van der Waals surface area contributed by atoms with Crippen molar-refractivity contribution in [3.05, 3.63) is 52.7 Å². The minimum atomic E-state index is 0.123. The van der Waals surface area contributed by atoms with Crippen LogP contribution in [0.4, 0.5) is 0 Å². The van der Waals surface area contributed by atoms with Crippen LogP contribution in [0.5, 0.6) is 0 Å². The lowest BCUT2D eigenvalue weighted by Gasteiger charge is -2.31. The number of nitrogens with zero attached hydrogens (tertiary/aromatic N) is 3. The van der Waals surface area contributed by atoms with E-state index < -0.39 is 0 Å². The second-order valence-corrected chi connectivity index (χ2v) is 7.77. The standard InChI is InChI=1S/C22H28N4O/c1-5-25-11-8-23-21(25)17-6-9-26(10-7-17)22(27)20-16(4)18-13-14(2)12-15(3)19(18)24-20/h8,11-13,17,24H,5-7,9-10H2,1-4H3. The number of carbonyl (C=O) groups excluding carboxylic acids is 1. The minimum Gasteiger partial charge on any atom is -0.350 e. The third kappa shape index (κ3) is 3.05. The van der Waals surface area contributed by atoms with Gasteiger partial charge in [-0.15, -0.1) is 0 Å². The number of hydrogen-bond donors (Lipinski definition) is 1. The van der Waals surface area contributed by atoms with Crippen molar-refractivity contribution < 1.29 is 4.79 Å². The quantitative estimate of drug-likeness (QED) is 0.752. The van der Waals surface area contributed by atoms with Crippen molar-refractivity contribution >= 4 is 16.8 Å². The predicted octanol–water partition coefficient (Wildman–Crippen LogP) is 4.33. The number of benzene rings is 1. The van der Waals surface area contributed by atoms with Crippen molar-refractivity contribution in [2.45, 2.75) is 53.0 Å². The maximum absolute atomic E-state index is 13.2. The molecule has 27 heavy (non-hydrogen) atoms. The second-order valence-electron chi connectivity index (χ2n) is 7.77.